The van der Waals surface area contributed by atoms with Crippen LogP contribution in [0.15, 0.2) is 22.7 Å². The second-order valence-corrected chi connectivity index (χ2v) is 7.70. The van der Waals surface area contributed by atoms with Gasteiger partial charge in [-0.05, 0) is 49.5 Å². The van der Waals surface area contributed by atoms with Crippen molar-refractivity contribution in [1.82, 2.24) is 15.5 Å². The SMILES string of the molecule is CCOc1c(Cl)cc(/C=C/C(=O)NC(c2nc(C3CC3)no2)C(C)C)cc1OC. The van der Waals surface area contributed by atoms with Gasteiger partial charge in [0.25, 0.3) is 0 Å². The number of nitrogens with one attached hydrogen (secondary N) is 1. The summed E-state index contributed by atoms with van der Waals surface area (Å²) >= 11 is 6.28. The molecule has 7 nitrogen and oxygen atoms in total. The molecule has 0 bridgehead atoms. The zero-order valence-electron chi connectivity index (χ0n) is 17.1. The van der Waals surface area contributed by atoms with Gasteiger partial charge in [-0.25, -0.2) is 0 Å². The highest BCUT2D eigenvalue weighted by Gasteiger charge is 2.31. The summed E-state index contributed by atoms with van der Waals surface area (Å²) in [5.41, 5.74) is 0.723. The third kappa shape index (κ3) is 5.29. The predicted molar refractivity (Wildman–Crippen MR) is 110 cm³/mol. The number of halogens is 1. The third-order valence-corrected chi connectivity index (χ3v) is 4.88. The summed E-state index contributed by atoms with van der Waals surface area (Å²) in [7, 11) is 1.54. The Hall–Kier alpha value is -2.54. The van der Waals surface area contributed by atoms with E-state index in [-0.39, 0.29) is 17.9 Å². The molecule has 1 fully saturated rings. The van der Waals surface area contributed by atoms with Crippen LogP contribution in [0, 0.1) is 5.92 Å². The van der Waals surface area contributed by atoms with E-state index < -0.39 is 0 Å². The van der Waals surface area contributed by atoms with Crippen LogP contribution in [0.2, 0.25) is 5.02 Å². The molecule has 29 heavy (non-hydrogen) atoms. The number of amides is 1. The molecule has 3 rings (SSSR count). The number of methoxy groups -OCH3 is 1. The molecule has 1 heterocycles. The van der Waals surface area contributed by atoms with Crippen LogP contribution in [0.3, 0.4) is 0 Å². The van der Waals surface area contributed by atoms with Crippen molar-refractivity contribution in [3.8, 4) is 11.5 Å². The summed E-state index contributed by atoms with van der Waals surface area (Å²) in [4.78, 5) is 17.0. The monoisotopic (exact) mass is 419 g/mol. The van der Waals surface area contributed by atoms with E-state index >= 15 is 0 Å². The minimum atomic E-state index is -0.356. The van der Waals surface area contributed by atoms with Crippen LogP contribution in [0.25, 0.3) is 6.08 Å². The van der Waals surface area contributed by atoms with Gasteiger partial charge in [0.15, 0.2) is 17.3 Å². The number of carbonyl (C=O) groups excluding carboxylic acids is 1. The van der Waals surface area contributed by atoms with E-state index in [9.17, 15) is 4.79 Å². The zero-order valence-corrected chi connectivity index (χ0v) is 17.8. The Labute approximate surface area is 175 Å². The van der Waals surface area contributed by atoms with Gasteiger partial charge in [0, 0.05) is 12.0 Å². The molecule has 0 radical (unpaired) electrons. The molecule has 1 aliphatic rings. The van der Waals surface area contributed by atoms with Crippen molar-refractivity contribution in [3.63, 3.8) is 0 Å². The minimum Gasteiger partial charge on any atom is -0.493 e. The van der Waals surface area contributed by atoms with Crippen LogP contribution >= 0.6 is 11.6 Å². The molecule has 1 aromatic carbocycles. The Kier molecular flexibility index (Phi) is 6.79. The second-order valence-electron chi connectivity index (χ2n) is 7.30. The molecule has 1 aromatic heterocycles. The minimum absolute atomic E-state index is 0.0971. The summed E-state index contributed by atoms with van der Waals surface area (Å²) in [6.07, 6.45) is 5.29. The van der Waals surface area contributed by atoms with Crippen molar-refractivity contribution >= 4 is 23.6 Å². The lowest BCUT2D eigenvalue weighted by Crippen LogP contribution is -2.30. The van der Waals surface area contributed by atoms with E-state index in [1.807, 2.05) is 20.8 Å². The van der Waals surface area contributed by atoms with E-state index in [2.05, 4.69) is 15.5 Å². The van der Waals surface area contributed by atoms with Gasteiger partial charge in [0.1, 0.15) is 6.04 Å². The van der Waals surface area contributed by atoms with E-state index in [4.69, 9.17) is 25.6 Å². The molecule has 0 aliphatic heterocycles. The summed E-state index contributed by atoms with van der Waals surface area (Å²) < 4.78 is 16.2. The largest absolute Gasteiger partial charge is 0.493 e. The fourth-order valence-electron chi connectivity index (χ4n) is 2.89. The number of ether oxygens (including phenoxy) is 2. The van der Waals surface area contributed by atoms with Gasteiger partial charge in [-0.15, -0.1) is 0 Å². The van der Waals surface area contributed by atoms with Crippen LogP contribution in [-0.2, 0) is 4.79 Å². The highest BCUT2D eigenvalue weighted by molar-refractivity contribution is 6.32. The molecule has 1 N–H and O–H groups in total. The van der Waals surface area contributed by atoms with Crippen molar-refractivity contribution in [1.29, 1.82) is 0 Å². The normalized spacial score (nSPS) is 15.0. The topological polar surface area (TPSA) is 86.5 Å². The van der Waals surface area contributed by atoms with Crippen LogP contribution in [-0.4, -0.2) is 29.8 Å². The number of hydrogen-bond donors (Lipinski definition) is 1. The molecule has 2 aromatic rings. The smallest absolute Gasteiger partial charge is 0.249 e. The van der Waals surface area contributed by atoms with Gasteiger partial charge in [-0.1, -0.05) is 30.6 Å². The molecule has 0 spiro atoms. The number of carbonyl (C=O) groups is 1. The maximum absolute atomic E-state index is 12.5. The highest BCUT2D eigenvalue weighted by atomic mass is 35.5. The average molecular weight is 420 g/mol. The molecule has 1 aliphatic carbocycles. The summed E-state index contributed by atoms with van der Waals surface area (Å²) in [6, 6.07) is 3.13. The molecule has 0 saturated heterocycles. The van der Waals surface area contributed by atoms with Crippen LogP contribution in [0.4, 0.5) is 0 Å². The molecule has 1 saturated carbocycles. The Morgan fingerprint density at radius 3 is 2.79 bits per heavy atom. The molecule has 156 valence electrons. The van der Waals surface area contributed by atoms with Gasteiger partial charge in [-0.3, -0.25) is 4.79 Å². The Morgan fingerprint density at radius 2 is 2.17 bits per heavy atom. The number of hydrogen-bond acceptors (Lipinski definition) is 6. The average Bonchev–Trinajstić information content (AvgIpc) is 3.43. The second kappa shape index (κ2) is 9.31. The Morgan fingerprint density at radius 1 is 1.41 bits per heavy atom. The maximum atomic E-state index is 12.5. The van der Waals surface area contributed by atoms with Crippen LogP contribution < -0.4 is 14.8 Å². The Balaban J connectivity index is 1.70. The van der Waals surface area contributed by atoms with Crippen LogP contribution in [0.5, 0.6) is 11.5 Å². The molecule has 8 heteroatoms. The van der Waals surface area contributed by atoms with Gasteiger partial charge in [0.05, 0.1) is 18.7 Å². The quantitative estimate of drug-likeness (QED) is 0.600. The first-order valence-electron chi connectivity index (χ1n) is 9.75. The summed E-state index contributed by atoms with van der Waals surface area (Å²) in [5, 5.41) is 7.40. The molecule has 1 atom stereocenters. The van der Waals surface area contributed by atoms with Gasteiger partial charge >= 0.3 is 0 Å². The van der Waals surface area contributed by atoms with E-state index in [1.165, 1.54) is 6.08 Å². The number of benzene rings is 1. The summed E-state index contributed by atoms with van der Waals surface area (Å²) in [6.45, 7) is 6.33. The summed E-state index contributed by atoms with van der Waals surface area (Å²) in [5.74, 6) is 2.40. The molecular weight excluding hydrogens is 394 g/mol. The first-order valence-corrected chi connectivity index (χ1v) is 10.1. The van der Waals surface area contributed by atoms with Gasteiger partial charge < -0.3 is 19.3 Å². The third-order valence-electron chi connectivity index (χ3n) is 4.60. The van der Waals surface area contributed by atoms with Gasteiger partial charge in [0.2, 0.25) is 11.8 Å². The predicted octanol–water partition coefficient (Wildman–Crippen LogP) is 4.53. The van der Waals surface area contributed by atoms with Crippen molar-refractivity contribution in [2.45, 2.75) is 45.6 Å². The zero-order chi connectivity index (χ0) is 21.0. The fraction of sp³-hybridized carbons (Fsp3) is 0.476. The maximum Gasteiger partial charge on any atom is 0.249 e. The number of aromatic nitrogens is 2. The first-order chi connectivity index (χ1) is 13.9. The van der Waals surface area contributed by atoms with Crippen LogP contribution in [0.1, 0.15) is 62.9 Å². The molecule has 1 unspecified atom stereocenters. The first kappa shape index (κ1) is 21.2. The van der Waals surface area contributed by atoms with Crippen molar-refractivity contribution < 1.29 is 18.8 Å². The van der Waals surface area contributed by atoms with E-state index in [0.29, 0.717) is 34.9 Å². The van der Waals surface area contributed by atoms with Crippen molar-refractivity contribution in [3.05, 3.63) is 40.5 Å². The number of nitrogens with zero attached hydrogens (tertiary/aromatic N) is 2. The molecule has 1 amide bonds. The Bertz CT molecular complexity index is 890. The standard InChI is InChI=1S/C21H26ClN3O4/c1-5-28-19-15(22)10-13(11-16(19)27-4)6-9-17(26)23-18(12(2)3)21-24-20(25-29-21)14-7-8-14/h6,9-12,14,18H,5,7-8H2,1-4H3,(H,23,26)/b9-6+. The van der Waals surface area contributed by atoms with E-state index in [1.54, 1.807) is 25.3 Å². The van der Waals surface area contributed by atoms with Crippen molar-refractivity contribution in [2.24, 2.45) is 5.92 Å². The number of rotatable bonds is 9. The van der Waals surface area contributed by atoms with Crippen molar-refractivity contribution in [2.75, 3.05) is 13.7 Å². The fourth-order valence-corrected chi connectivity index (χ4v) is 3.16. The lowest BCUT2D eigenvalue weighted by atomic mass is 10.0. The lowest BCUT2D eigenvalue weighted by molar-refractivity contribution is -0.117. The lowest BCUT2D eigenvalue weighted by Gasteiger charge is -2.17. The highest BCUT2D eigenvalue weighted by Crippen LogP contribution is 2.39. The van der Waals surface area contributed by atoms with E-state index in [0.717, 1.165) is 24.2 Å². The molecular formula is C21H26ClN3O4. The van der Waals surface area contributed by atoms with Gasteiger partial charge in [-0.2, -0.15) is 4.98 Å².